The number of aromatic nitrogens is 6. The van der Waals surface area contributed by atoms with E-state index >= 15 is 0 Å². The van der Waals surface area contributed by atoms with E-state index in [4.69, 9.17) is 4.11 Å². The fourth-order valence-corrected chi connectivity index (χ4v) is 13.1. The Morgan fingerprint density at radius 3 is 0.792 bits per heavy atom. The van der Waals surface area contributed by atoms with Gasteiger partial charge in [-0.1, -0.05) is 83.9 Å². The molecule has 0 aliphatic heterocycles. The summed E-state index contributed by atoms with van der Waals surface area (Å²) in [6.07, 6.45) is 12.5. The van der Waals surface area contributed by atoms with Crippen molar-refractivity contribution in [2.75, 3.05) is 0 Å². The van der Waals surface area contributed by atoms with E-state index in [0.717, 1.165) is 22.4 Å². The fraction of sp³-hybridized carbons (Fsp3) is 0.267. The van der Waals surface area contributed by atoms with Crippen LogP contribution in [0.15, 0.2) is 219 Å². The van der Waals surface area contributed by atoms with Gasteiger partial charge in [0.15, 0.2) is 37.2 Å². The monoisotopic (exact) mass is 1280 g/mol. The lowest BCUT2D eigenvalue weighted by Crippen LogP contribution is -2.31. The minimum Gasteiger partial charge on any atom is -0.201 e. The zero-order chi connectivity index (χ0) is 72.7. The Morgan fingerprint density at radius 1 is 0.219 bits per heavy atom. The molecule has 12 aromatic rings. The highest BCUT2D eigenvalue weighted by atomic mass is 14.9. The molecule has 0 spiro atoms. The van der Waals surface area contributed by atoms with Crippen LogP contribution in [-0.4, -0.2) is 0 Å². The van der Waals surface area contributed by atoms with Gasteiger partial charge in [0.2, 0.25) is 34.2 Å². The van der Waals surface area contributed by atoms with Crippen molar-refractivity contribution in [3.63, 3.8) is 0 Å². The Morgan fingerprint density at radius 2 is 0.490 bits per heavy atom. The maximum Gasteiger partial charge on any atom is 0.215 e. The van der Waals surface area contributed by atoms with Crippen LogP contribution in [0.5, 0.6) is 0 Å². The van der Waals surface area contributed by atoms with Crippen molar-refractivity contribution in [2.24, 2.45) is 42.3 Å². The Bertz CT molecular complexity index is 4540. The zero-order valence-electron chi connectivity index (χ0n) is 65.0. The molecule has 492 valence electrons. The quantitative estimate of drug-likeness (QED) is 0.148. The molecule has 0 unspecified atom stereocenters. The molecule has 0 fully saturated rings. The Kier molecular flexibility index (Phi) is 24.1. The predicted octanol–water partition coefficient (Wildman–Crippen LogP) is 18.6. The van der Waals surface area contributed by atoms with E-state index in [1.165, 1.54) is 140 Å². The van der Waals surface area contributed by atoms with Crippen LogP contribution in [0.2, 0.25) is 0 Å². The van der Waals surface area contributed by atoms with Gasteiger partial charge in [0.1, 0.15) is 42.3 Å². The van der Waals surface area contributed by atoms with Crippen molar-refractivity contribution in [1.82, 2.24) is 0 Å². The molecule has 0 radical (unpaired) electrons. The van der Waals surface area contributed by atoms with Crippen molar-refractivity contribution in [3.8, 4) is 67.5 Å². The molecule has 12 rings (SSSR count). The van der Waals surface area contributed by atoms with Crippen LogP contribution in [0.25, 0.3) is 67.5 Å². The molecule has 0 bridgehead atoms. The number of hydrogen-bond donors (Lipinski definition) is 0. The first kappa shape index (κ1) is 69.1. The molecule has 0 amide bonds. The summed E-state index contributed by atoms with van der Waals surface area (Å²) in [4.78, 5) is 0. The third kappa shape index (κ3) is 18.0. The number of aryl methyl sites for hydroxylation is 20. The molecule has 6 nitrogen and oxygen atoms in total. The van der Waals surface area contributed by atoms with Gasteiger partial charge in [0, 0.05) is 87.0 Å². The SMILES string of the molecule is Cc1cc(C)c(-c2cccc[n+]2C)c(C)c1.Cc1ccc(C)c(-c2cccc[n+]2C)c1C.Cc1ccc(C)c(-c2cccc[n+]2C)c1C.Cc1cccc(-c2c(C)ccc[n+]2C)c1C.Cc1cccc(-c2c(C)ccc[n+]2C)c1C.[2H]C([2H])([2H])c1cc(C)c(-c2cccc[n+]2C)c(C)c1. The normalized spacial score (nSPS) is 11.1. The van der Waals surface area contributed by atoms with Crippen molar-refractivity contribution in [1.29, 1.82) is 0 Å². The highest BCUT2D eigenvalue weighted by molar-refractivity contribution is 5.70. The Balaban J connectivity index is 0.000000167. The topological polar surface area (TPSA) is 23.3 Å². The van der Waals surface area contributed by atoms with Gasteiger partial charge in [-0.3, -0.25) is 0 Å². The molecule has 0 aliphatic rings. The van der Waals surface area contributed by atoms with Crippen LogP contribution in [0.1, 0.15) is 104 Å². The summed E-state index contributed by atoms with van der Waals surface area (Å²) in [6, 6.07) is 63.3. The predicted molar refractivity (Wildman–Crippen MR) is 404 cm³/mol. The largest absolute Gasteiger partial charge is 0.215 e. The molecule has 6 heteroatoms. The van der Waals surface area contributed by atoms with Gasteiger partial charge in [0.05, 0.1) is 22.3 Å². The number of rotatable bonds is 6. The van der Waals surface area contributed by atoms with Gasteiger partial charge in [-0.2, -0.15) is 0 Å². The van der Waals surface area contributed by atoms with Crippen molar-refractivity contribution >= 4 is 0 Å². The molecule has 0 atom stereocenters. The van der Waals surface area contributed by atoms with Crippen LogP contribution >= 0.6 is 0 Å². The maximum atomic E-state index is 7.51. The van der Waals surface area contributed by atoms with E-state index in [0.29, 0.717) is 5.56 Å². The molecule has 96 heavy (non-hydrogen) atoms. The fourth-order valence-electron chi connectivity index (χ4n) is 13.1. The number of hydrogen-bond acceptors (Lipinski definition) is 0. The molecule has 0 N–H and O–H groups in total. The zero-order valence-corrected chi connectivity index (χ0v) is 62.0. The van der Waals surface area contributed by atoms with Gasteiger partial charge in [-0.25, -0.2) is 27.4 Å². The molecular formula is C90H108N6+6. The third-order valence-corrected chi connectivity index (χ3v) is 18.8. The van der Waals surface area contributed by atoms with Crippen molar-refractivity contribution in [2.45, 2.75) is 125 Å². The first-order valence-electron chi connectivity index (χ1n) is 35.0. The maximum absolute atomic E-state index is 7.51. The number of benzene rings is 6. The Hall–Kier alpha value is -9.78. The summed E-state index contributed by atoms with van der Waals surface area (Å²) < 4.78 is 35.5. The molecule has 0 saturated carbocycles. The average Bonchev–Trinajstić information content (AvgIpc) is 0.737. The van der Waals surface area contributed by atoms with E-state index < -0.39 is 6.85 Å². The first-order valence-corrected chi connectivity index (χ1v) is 33.5. The molecule has 6 heterocycles. The summed E-state index contributed by atoms with van der Waals surface area (Å²) in [5.74, 6) is 0. The van der Waals surface area contributed by atoms with Gasteiger partial charge < -0.3 is 0 Å². The van der Waals surface area contributed by atoms with Crippen LogP contribution in [0.4, 0.5) is 0 Å². The first-order chi connectivity index (χ1) is 46.8. The van der Waals surface area contributed by atoms with Crippen molar-refractivity contribution in [3.05, 3.63) is 319 Å². The summed E-state index contributed by atoms with van der Waals surface area (Å²) in [6.45, 7) is 34.5. The molecule has 0 aliphatic carbocycles. The lowest BCUT2D eigenvalue weighted by molar-refractivity contribution is -0.660. The van der Waals surface area contributed by atoms with Gasteiger partial charge >= 0.3 is 0 Å². The van der Waals surface area contributed by atoms with E-state index in [9.17, 15) is 0 Å². The highest BCUT2D eigenvalue weighted by Gasteiger charge is 2.21. The standard InChI is InChI=1S/6C15H18N/c2*1-11-7-5-9-14(13(11)3)15-12(2)8-6-10-16(15)4;2*1-11-8-9-12(2)15(13(11)3)14-7-5-6-10-16(14)4;2*1-11-9-12(2)15(13(3)10-11)14-7-5-6-8-16(14)4/h6*5-10H,1-4H3/q6*+1/i;;;;1D3;. The smallest absolute Gasteiger partial charge is 0.201 e. The van der Waals surface area contributed by atoms with Crippen molar-refractivity contribution < 1.29 is 31.5 Å². The molecular weight excluding hydrogens is 1170 g/mol. The minimum atomic E-state index is -2.05. The van der Waals surface area contributed by atoms with Gasteiger partial charge in [0.25, 0.3) is 0 Å². The van der Waals surface area contributed by atoms with Gasteiger partial charge in [-0.05, 0) is 251 Å². The van der Waals surface area contributed by atoms with E-state index in [2.05, 4.69) is 345 Å². The van der Waals surface area contributed by atoms with Crippen LogP contribution in [0.3, 0.4) is 0 Å². The summed E-state index contributed by atoms with van der Waals surface area (Å²) >= 11 is 0. The van der Waals surface area contributed by atoms with Gasteiger partial charge in [-0.15, -0.1) is 0 Å². The lowest BCUT2D eigenvalue weighted by atomic mass is 9.95. The van der Waals surface area contributed by atoms with Crippen LogP contribution in [-0.2, 0) is 42.3 Å². The number of pyridine rings is 6. The highest BCUT2D eigenvalue weighted by Crippen LogP contribution is 2.31. The average molecular weight is 1280 g/mol. The minimum absolute atomic E-state index is 0.407. The molecule has 6 aromatic heterocycles. The summed E-state index contributed by atoms with van der Waals surface area (Å²) in [5, 5.41) is 0. The Labute approximate surface area is 582 Å². The van der Waals surface area contributed by atoms with E-state index in [1.54, 1.807) is 12.1 Å². The summed E-state index contributed by atoms with van der Waals surface area (Å²) in [5.41, 5.74) is 38.0. The third-order valence-electron chi connectivity index (χ3n) is 18.8. The second-order valence-corrected chi connectivity index (χ2v) is 26.2. The van der Waals surface area contributed by atoms with Crippen LogP contribution < -0.4 is 27.4 Å². The second-order valence-electron chi connectivity index (χ2n) is 26.2. The second kappa shape index (κ2) is 33.6. The summed E-state index contributed by atoms with van der Waals surface area (Å²) in [7, 11) is 12.5. The van der Waals surface area contributed by atoms with E-state index in [1.807, 2.05) is 49.9 Å². The van der Waals surface area contributed by atoms with E-state index in [-0.39, 0.29) is 0 Å². The lowest BCUT2D eigenvalue weighted by Gasteiger charge is -2.10. The molecule has 0 saturated heterocycles. The molecule has 6 aromatic carbocycles. The number of nitrogens with zero attached hydrogens (tertiary/aromatic N) is 6. The van der Waals surface area contributed by atoms with Crippen LogP contribution in [0, 0.1) is 125 Å².